The first kappa shape index (κ1) is 31.8. The Bertz CT molecular complexity index is 1520. The molecule has 4 aromatic carbocycles. The molecule has 5 nitrogen and oxygen atoms in total. The fourth-order valence-corrected chi connectivity index (χ4v) is 5.62. The maximum atomic E-state index is 13.4. The number of benzene rings is 4. The number of carbonyl (C=O) groups excluding carboxylic acids is 2. The number of hydrogen-bond acceptors (Lipinski definition) is 7. The van der Waals surface area contributed by atoms with Gasteiger partial charge in [0.25, 0.3) is 0 Å². The molecule has 1 unspecified atom stereocenters. The van der Waals surface area contributed by atoms with E-state index in [1.165, 1.54) is 0 Å². The van der Waals surface area contributed by atoms with Crippen LogP contribution in [-0.2, 0) is 4.84 Å². The highest BCUT2D eigenvalue weighted by Gasteiger charge is 2.25. The number of aliphatic hydroxyl groups is 1. The topological polar surface area (TPSA) is 76.0 Å². The molecule has 0 fully saturated rings. The molecular formula is C34H32BrNO4S2. The number of halogens is 1. The van der Waals surface area contributed by atoms with Crippen molar-refractivity contribution in [2.24, 2.45) is 10.6 Å². The number of aliphatic hydroxyl groups excluding tert-OH is 1. The van der Waals surface area contributed by atoms with Crippen LogP contribution in [0.1, 0.15) is 53.5 Å². The van der Waals surface area contributed by atoms with Crippen LogP contribution >= 0.6 is 39.5 Å². The van der Waals surface area contributed by atoms with Crippen LogP contribution in [-0.4, -0.2) is 34.4 Å². The molecule has 0 aliphatic heterocycles. The molecule has 1 N–H and O–H groups in total. The van der Waals surface area contributed by atoms with Crippen molar-refractivity contribution in [3.05, 3.63) is 124 Å². The van der Waals surface area contributed by atoms with E-state index in [0.717, 1.165) is 19.2 Å². The largest absolute Gasteiger partial charge is 0.363 e. The highest BCUT2D eigenvalue weighted by atomic mass is 79.9. The van der Waals surface area contributed by atoms with E-state index < -0.39 is 11.7 Å². The first-order valence-electron chi connectivity index (χ1n) is 13.4. The number of Topliss-reactive ketones (excluding diaryl/α,β-unsaturated/α-hetero) is 1. The molecule has 8 heteroatoms. The molecule has 0 heterocycles. The average Bonchev–Trinajstić information content (AvgIpc) is 2.99. The van der Waals surface area contributed by atoms with Gasteiger partial charge in [-0.3, -0.25) is 9.59 Å². The lowest BCUT2D eigenvalue weighted by Gasteiger charge is -2.23. The Balaban J connectivity index is 1.42. The van der Waals surface area contributed by atoms with Gasteiger partial charge in [0.05, 0.1) is 0 Å². The summed E-state index contributed by atoms with van der Waals surface area (Å²) in [5, 5.41) is 14.4. The molecular weight excluding hydrogens is 630 g/mol. The molecule has 0 saturated carbocycles. The van der Waals surface area contributed by atoms with E-state index >= 15 is 0 Å². The van der Waals surface area contributed by atoms with Gasteiger partial charge in [0.15, 0.2) is 5.78 Å². The summed E-state index contributed by atoms with van der Waals surface area (Å²) in [5.41, 5.74) is 1.49. The molecule has 0 aliphatic carbocycles. The molecule has 0 radical (unpaired) electrons. The van der Waals surface area contributed by atoms with Crippen molar-refractivity contribution in [1.82, 2.24) is 0 Å². The molecule has 0 spiro atoms. The monoisotopic (exact) mass is 661 g/mol. The van der Waals surface area contributed by atoms with E-state index in [4.69, 9.17) is 4.84 Å². The van der Waals surface area contributed by atoms with Gasteiger partial charge in [-0.15, -0.1) is 11.8 Å². The standard InChI is InChI=1S/C34H32BrNO4S2/c1-34(2,3)33(39)40-36-30(21-22-41-27-19-13-26(35)14-20-27)32(38)25-11-17-29(18-12-25)42-28-15-9-24(10-16-28)31(37)23-7-5-4-6-8-23/h4-20,33,39H,21-22H2,1-3H3/b36-30+. The van der Waals surface area contributed by atoms with Gasteiger partial charge in [-0.1, -0.05) is 84.0 Å². The van der Waals surface area contributed by atoms with Crippen LogP contribution in [0.3, 0.4) is 0 Å². The van der Waals surface area contributed by atoms with Gasteiger partial charge < -0.3 is 9.94 Å². The summed E-state index contributed by atoms with van der Waals surface area (Å²) in [6.45, 7) is 5.51. The van der Waals surface area contributed by atoms with Crippen molar-refractivity contribution >= 4 is 56.7 Å². The number of carbonyl (C=O) groups is 2. The van der Waals surface area contributed by atoms with Crippen molar-refractivity contribution in [3.63, 3.8) is 0 Å². The fourth-order valence-electron chi connectivity index (χ4n) is 3.68. The van der Waals surface area contributed by atoms with Crippen molar-refractivity contribution in [2.45, 2.75) is 48.2 Å². The molecule has 4 aromatic rings. The Hall–Kier alpha value is -3.17. The normalized spacial score (nSPS) is 12.5. The van der Waals surface area contributed by atoms with Crippen LogP contribution in [0.2, 0.25) is 0 Å². The number of oxime groups is 1. The smallest absolute Gasteiger partial charge is 0.229 e. The zero-order valence-electron chi connectivity index (χ0n) is 23.6. The highest BCUT2D eigenvalue weighted by Crippen LogP contribution is 2.29. The molecule has 0 saturated heterocycles. The molecule has 0 aromatic heterocycles. The van der Waals surface area contributed by atoms with E-state index in [1.54, 1.807) is 35.7 Å². The molecule has 4 rings (SSSR count). The average molecular weight is 663 g/mol. The third kappa shape index (κ3) is 9.16. The SMILES string of the molecule is CC(C)(C)C(O)O/N=C(\CCSc1ccc(Br)cc1)C(=O)c1ccc(Sc2ccc(C(=O)c3ccccc3)cc2)cc1. The molecule has 0 bridgehead atoms. The van der Waals surface area contributed by atoms with Gasteiger partial charge >= 0.3 is 0 Å². The molecule has 1 atom stereocenters. The quantitative estimate of drug-likeness (QED) is 0.0537. The number of nitrogens with zero attached hydrogens (tertiary/aromatic N) is 1. The van der Waals surface area contributed by atoms with E-state index in [1.807, 2.05) is 112 Å². The summed E-state index contributed by atoms with van der Waals surface area (Å²) in [6, 6.07) is 32.0. The molecule has 216 valence electrons. The lowest BCUT2D eigenvalue weighted by atomic mass is 9.96. The van der Waals surface area contributed by atoms with Crippen molar-refractivity contribution in [3.8, 4) is 0 Å². The highest BCUT2D eigenvalue weighted by molar-refractivity contribution is 9.10. The molecule has 42 heavy (non-hydrogen) atoms. The zero-order valence-corrected chi connectivity index (χ0v) is 26.8. The number of rotatable bonds is 12. The van der Waals surface area contributed by atoms with Gasteiger partial charge in [-0.05, 0) is 72.8 Å². The van der Waals surface area contributed by atoms with Crippen molar-refractivity contribution in [1.29, 1.82) is 0 Å². The van der Waals surface area contributed by atoms with E-state index in [-0.39, 0.29) is 17.3 Å². The third-order valence-corrected chi connectivity index (χ3v) is 8.75. The van der Waals surface area contributed by atoms with Gasteiger partial charge in [0.1, 0.15) is 5.71 Å². The second kappa shape index (κ2) is 14.8. The molecule has 0 aliphatic rings. The summed E-state index contributed by atoms with van der Waals surface area (Å²) in [5.74, 6) is 0.368. The van der Waals surface area contributed by atoms with Crippen LogP contribution in [0.15, 0.2) is 127 Å². The summed E-state index contributed by atoms with van der Waals surface area (Å²) in [6.07, 6.45) is -0.770. The van der Waals surface area contributed by atoms with E-state index in [2.05, 4.69) is 21.1 Å². The Kier molecular flexibility index (Phi) is 11.2. The number of hydrogen-bond donors (Lipinski definition) is 1. The Morgan fingerprint density at radius 3 is 1.88 bits per heavy atom. The Labute approximate surface area is 263 Å². The lowest BCUT2D eigenvalue weighted by molar-refractivity contribution is -0.158. The number of ketones is 2. The van der Waals surface area contributed by atoms with Crippen LogP contribution in [0, 0.1) is 5.41 Å². The maximum absolute atomic E-state index is 13.4. The maximum Gasteiger partial charge on any atom is 0.229 e. The van der Waals surface area contributed by atoms with E-state index in [0.29, 0.717) is 28.9 Å². The van der Waals surface area contributed by atoms with Crippen molar-refractivity contribution < 1.29 is 19.5 Å². The van der Waals surface area contributed by atoms with Crippen molar-refractivity contribution in [2.75, 3.05) is 5.75 Å². The molecule has 0 amide bonds. The van der Waals surface area contributed by atoms with E-state index in [9.17, 15) is 14.7 Å². The van der Waals surface area contributed by atoms with Gasteiger partial charge in [0, 0.05) is 53.4 Å². The van der Waals surface area contributed by atoms with Crippen LogP contribution in [0.25, 0.3) is 0 Å². The first-order chi connectivity index (χ1) is 20.1. The Morgan fingerprint density at radius 2 is 1.31 bits per heavy atom. The van der Waals surface area contributed by atoms with Gasteiger partial charge in [-0.25, -0.2) is 0 Å². The first-order valence-corrected chi connectivity index (χ1v) is 16.0. The van der Waals surface area contributed by atoms with Gasteiger partial charge in [0.2, 0.25) is 12.1 Å². The second-order valence-corrected chi connectivity index (χ2v) is 13.8. The number of thioether (sulfide) groups is 1. The summed E-state index contributed by atoms with van der Waals surface area (Å²) < 4.78 is 1.01. The predicted octanol–water partition coefficient (Wildman–Crippen LogP) is 8.93. The summed E-state index contributed by atoms with van der Waals surface area (Å²) in [4.78, 5) is 34.5. The minimum absolute atomic E-state index is 0.0123. The van der Waals surface area contributed by atoms with Gasteiger partial charge in [-0.2, -0.15) is 0 Å². The Morgan fingerprint density at radius 1 is 0.786 bits per heavy atom. The summed E-state index contributed by atoms with van der Waals surface area (Å²) >= 11 is 6.61. The third-order valence-electron chi connectivity index (χ3n) is 6.19. The van der Waals surface area contributed by atoms with Crippen LogP contribution in [0.4, 0.5) is 0 Å². The zero-order chi connectivity index (χ0) is 30.1. The van der Waals surface area contributed by atoms with Crippen LogP contribution < -0.4 is 0 Å². The minimum atomic E-state index is -1.15. The lowest BCUT2D eigenvalue weighted by Crippen LogP contribution is -2.28. The second-order valence-electron chi connectivity index (χ2n) is 10.6. The fraction of sp³-hybridized carbons (Fsp3) is 0.206. The predicted molar refractivity (Wildman–Crippen MR) is 175 cm³/mol. The minimum Gasteiger partial charge on any atom is -0.363 e. The summed E-state index contributed by atoms with van der Waals surface area (Å²) in [7, 11) is 0. The van der Waals surface area contributed by atoms with Crippen LogP contribution in [0.5, 0.6) is 0 Å².